The van der Waals surface area contributed by atoms with Crippen LogP contribution in [0.1, 0.15) is 16.7 Å². The lowest BCUT2D eigenvalue weighted by atomic mass is 9.93. The summed E-state index contributed by atoms with van der Waals surface area (Å²) in [4.78, 5) is 28.3. The molecule has 1 saturated heterocycles. The molecule has 0 spiro atoms. The van der Waals surface area contributed by atoms with E-state index < -0.39 is 35.4 Å². The number of amides is 2. The number of hydrogen-bond donors (Lipinski definition) is 0. The highest BCUT2D eigenvalue weighted by Crippen LogP contribution is 2.25. The van der Waals surface area contributed by atoms with Crippen LogP contribution in [0.25, 0.3) is 0 Å². The van der Waals surface area contributed by atoms with E-state index in [4.69, 9.17) is 0 Å². The van der Waals surface area contributed by atoms with Gasteiger partial charge in [0, 0.05) is 32.5 Å². The third-order valence-electron chi connectivity index (χ3n) is 5.26. The first-order valence-corrected chi connectivity index (χ1v) is 8.89. The number of hydrogen-bond acceptors (Lipinski definition) is 3. The second kappa shape index (κ2) is 7.95. The van der Waals surface area contributed by atoms with Gasteiger partial charge in [0.25, 0.3) is 0 Å². The fourth-order valence-corrected chi connectivity index (χ4v) is 3.49. The van der Waals surface area contributed by atoms with Crippen molar-refractivity contribution in [2.75, 3.05) is 14.1 Å². The van der Waals surface area contributed by atoms with Crippen molar-refractivity contribution >= 4 is 11.8 Å². The maximum absolute atomic E-state index is 14.3. The highest BCUT2D eigenvalue weighted by Gasteiger charge is 2.43. The van der Waals surface area contributed by atoms with E-state index in [0.717, 1.165) is 12.1 Å². The molecule has 2 amide bonds. The first-order valence-electron chi connectivity index (χ1n) is 8.89. The van der Waals surface area contributed by atoms with E-state index in [1.807, 2.05) is 0 Å². The third kappa shape index (κ3) is 3.81. The number of carbonyl (C=O) groups is 2. The Balaban J connectivity index is 1.87. The van der Waals surface area contributed by atoms with Gasteiger partial charge in [0.15, 0.2) is 11.6 Å². The van der Waals surface area contributed by atoms with Gasteiger partial charge >= 0.3 is 0 Å². The Morgan fingerprint density at radius 2 is 1.45 bits per heavy atom. The second-order valence-electron chi connectivity index (χ2n) is 6.96. The first kappa shape index (κ1) is 20.4. The fourth-order valence-electron chi connectivity index (χ4n) is 3.49. The topological polar surface area (TPSA) is 64.4 Å². The van der Waals surface area contributed by atoms with Crippen molar-refractivity contribution in [1.29, 1.82) is 5.26 Å². The quantitative estimate of drug-likeness (QED) is 0.791. The molecule has 0 aromatic heterocycles. The summed E-state index contributed by atoms with van der Waals surface area (Å²) in [5, 5.41) is 9.18. The Hall–Kier alpha value is -3.34. The summed E-state index contributed by atoms with van der Waals surface area (Å²) in [6.45, 7) is 0. The number of likely N-dealkylation sites (N-methyl/N-ethyl adjacent to an activating group) is 2. The van der Waals surface area contributed by atoms with E-state index in [9.17, 15) is 28.0 Å². The zero-order chi connectivity index (χ0) is 21.3. The Kier molecular flexibility index (Phi) is 5.59. The Morgan fingerprint density at radius 1 is 0.897 bits per heavy atom. The maximum Gasteiger partial charge on any atom is 0.246 e. The average molecular weight is 401 g/mol. The molecule has 0 N–H and O–H groups in total. The van der Waals surface area contributed by atoms with Crippen molar-refractivity contribution in [3.8, 4) is 6.07 Å². The number of benzene rings is 2. The van der Waals surface area contributed by atoms with Crippen molar-refractivity contribution in [3.05, 3.63) is 70.5 Å². The van der Waals surface area contributed by atoms with Gasteiger partial charge in [-0.3, -0.25) is 9.59 Å². The number of nitriles is 1. The van der Waals surface area contributed by atoms with Crippen molar-refractivity contribution in [2.45, 2.75) is 24.9 Å². The van der Waals surface area contributed by atoms with Crippen LogP contribution in [0.3, 0.4) is 0 Å². The molecule has 0 saturated carbocycles. The molecule has 2 atom stereocenters. The molecule has 0 radical (unpaired) electrons. The SMILES string of the molecule is CN1C(=O)C(Cc2c(C#N)ccc(F)c2F)N(C)C(=O)C1Cc1ccc(F)cc1. The second-order valence-corrected chi connectivity index (χ2v) is 6.96. The predicted molar refractivity (Wildman–Crippen MR) is 98.0 cm³/mol. The molecule has 3 rings (SSSR count). The molecule has 0 aliphatic carbocycles. The van der Waals surface area contributed by atoms with Crippen molar-refractivity contribution in [2.24, 2.45) is 0 Å². The molecular formula is C21H18F3N3O2. The smallest absolute Gasteiger partial charge is 0.246 e. The Morgan fingerprint density at radius 3 is 2.00 bits per heavy atom. The molecule has 2 unspecified atom stereocenters. The highest BCUT2D eigenvalue weighted by atomic mass is 19.2. The van der Waals surface area contributed by atoms with Crippen LogP contribution in [-0.4, -0.2) is 47.8 Å². The summed E-state index contributed by atoms with van der Waals surface area (Å²) in [6, 6.07) is 7.52. The van der Waals surface area contributed by atoms with Crippen LogP contribution in [-0.2, 0) is 22.4 Å². The van der Waals surface area contributed by atoms with Crippen molar-refractivity contribution in [3.63, 3.8) is 0 Å². The molecule has 2 aromatic rings. The van der Waals surface area contributed by atoms with Gasteiger partial charge in [0.1, 0.15) is 17.9 Å². The van der Waals surface area contributed by atoms with E-state index in [-0.39, 0.29) is 29.9 Å². The summed E-state index contributed by atoms with van der Waals surface area (Å²) in [6.07, 6.45) is -0.128. The van der Waals surface area contributed by atoms with E-state index >= 15 is 0 Å². The predicted octanol–water partition coefficient (Wildman–Crippen LogP) is 2.43. The van der Waals surface area contributed by atoms with Gasteiger partial charge in [-0.2, -0.15) is 5.26 Å². The zero-order valence-corrected chi connectivity index (χ0v) is 15.8. The lowest BCUT2D eigenvalue weighted by Crippen LogP contribution is -2.63. The van der Waals surface area contributed by atoms with E-state index in [1.54, 1.807) is 6.07 Å². The van der Waals surface area contributed by atoms with E-state index in [1.165, 1.54) is 48.2 Å². The van der Waals surface area contributed by atoms with Crippen LogP contribution >= 0.6 is 0 Å². The molecule has 29 heavy (non-hydrogen) atoms. The molecule has 2 aromatic carbocycles. The number of carbonyl (C=O) groups excluding carboxylic acids is 2. The van der Waals surface area contributed by atoms with Gasteiger partial charge in [-0.05, 0) is 29.8 Å². The lowest BCUT2D eigenvalue weighted by molar-refractivity contribution is -0.158. The van der Waals surface area contributed by atoms with Gasteiger partial charge < -0.3 is 9.80 Å². The zero-order valence-electron chi connectivity index (χ0n) is 15.8. The summed E-state index contributed by atoms with van der Waals surface area (Å²) in [5.74, 6) is -3.56. The number of nitrogens with zero attached hydrogens (tertiary/aromatic N) is 3. The summed E-state index contributed by atoms with van der Waals surface area (Å²) >= 11 is 0. The van der Waals surface area contributed by atoms with Gasteiger partial charge in [-0.15, -0.1) is 0 Å². The maximum atomic E-state index is 14.3. The number of halogens is 3. The van der Waals surface area contributed by atoms with E-state index in [2.05, 4.69) is 0 Å². The molecule has 5 nitrogen and oxygen atoms in total. The lowest BCUT2D eigenvalue weighted by Gasteiger charge is -2.42. The molecule has 1 aliphatic rings. The largest absolute Gasteiger partial charge is 0.332 e. The monoisotopic (exact) mass is 401 g/mol. The molecule has 150 valence electrons. The van der Waals surface area contributed by atoms with Crippen LogP contribution in [0, 0.1) is 28.8 Å². The minimum atomic E-state index is -1.20. The molecular weight excluding hydrogens is 383 g/mol. The summed E-state index contributed by atoms with van der Waals surface area (Å²) in [7, 11) is 2.88. The van der Waals surface area contributed by atoms with Crippen LogP contribution in [0.15, 0.2) is 36.4 Å². The normalized spacial score (nSPS) is 19.4. The Labute approximate surface area is 165 Å². The van der Waals surface area contributed by atoms with Crippen LogP contribution in [0.5, 0.6) is 0 Å². The fraction of sp³-hybridized carbons (Fsp3) is 0.286. The minimum Gasteiger partial charge on any atom is -0.332 e. The van der Waals surface area contributed by atoms with Crippen LogP contribution in [0.2, 0.25) is 0 Å². The third-order valence-corrected chi connectivity index (χ3v) is 5.26. The van der Waals surface area contributed by atoms with Gasteiger partial charge in [0.05, 0.1) is 11.6 Å². The molecule has 1 fully saturated rings. The van der Waals surface area contributed by atoms with Gasteiger partial charge in [-0.25, -0.2) is 13.2 Å². The molecule has 1 heterocycles. The van der Waals surface area contributed by atoms with Gasteiger partial charge in [0.2, 0.25) is 11.8 Å². The molecule has 1 aliphatic heterocycles. The van der Waals surface area contributed by atoms with Crippen molar-refractivity contribution < 1.29 is 22.8 Å². The Bertz CT molecular complexity index is 1000. The van der Waals surface area contributed by atoms with E-state index in [0.29, 0.717) is 5.56 Å². The molecule has 8 heteroatoms. The number of rotatable bonds is 4. The summed E-state index contributed by atoms with van der Waals surface area (Å²) < 4.78 is 41.0. The average Bonchev–Trinajstić information content (AvgIpc) is 2.71. The standard InChI is InChI=1S/C21H18F3N3O2/c1-26-17(9-12-3-6-14(22)7-4-12)20(28)27(2)18(21(26)29)10-15-13(11-25)5-8-16(23)19(15)24/h3-8,17-18H,9-10H2,1-2H3. The van der Waals surface area contributed by atoms with Crippen molar-refractivity contribution in [1.82, 2.24) is 9.80 Å². The summed E-state index contributed by atoms with van der Waals surface area (Å²) in [5.41, 5.74) is 0.351. The van der Waals surface area contributed by atoms with Gasteiger partial charge in [-0.1, -0.05) is 12.1 Å². The molecule has 0 bridgehead atoms. The first-order chi connectivity index (χ1) is 13.7. The highest BCUT2D eigenvalue weighted by molar-refractivity contribution is 5.97. The van der Waals surface area contributed by atoms with Crippen LogP contribution < -0.4 is 0 Å². The minimum absolute atomic E-state index is 0.0892. The van der Waals surface area contributed by atoms with Crippen LogP contribution in [0.4, 0.5) is 13.2 Å². The number of piperazine rings is 1.